The van der Waals surface area contributed by atoms with Gasteiger partial charge in [0.1, 0.15) is 6.04 Å². The van der Waals surface area contributed by atoms with Crippen molar-refractivity contribution in [2.45, 2.75) is 85.7 Å². The Morgan fingerprint density at radius 2 is 1.67 bits per heavy atom. The van der Waals surface area contributed by atoms with Crippen molar-refractivity contribution in [1.29, 1.82) is 0 Å². The van der Waals surface area contributed by atoms with Crippen LogP contribution >= 0.6 is 0 Å². The first-order chi connectivity index (χ1) is 15.5. The number of hydrogen-bond donors (Lipinski definition) is 1. The molecular weight excluding hydrogens is 408 g/mol. The van der Waals surface area contributed by atoms with Gasteiger partial charge in [0, 0.05) is 19.5 Å². The lowest BCUT2D eigenvalue weighted by molar-refractivity contribution is -0.141. The van der Waals surface area contributed by atoms with Crippen molar-refractivity contribution >= 4 is 11.8 Å². The Hall–Kier alpha value is -2.62. The molecule has 2 rings (SSSR count). The highest BCUT2D eigenvalue weighted by atomic mass is 16.2. The third kappa shape index (κ3) is 8.34. The molecule has 1 N–H and O–H groups in total. The number of benzene rings is 2. The second-order valence-electron chi connectivity index (χ2n) is 10.5. The lowest BCUT2D eigenvalue weighted by Crippen LogP contribution is -2.49. The highest BCUT2D eigenvalue weighted by Gasteiger charge is 2.28. The predicted octanol–water partition coefficient (Wildman–Crippen LogP) is 5.80. The molecule has 2 amide bonds. The number of amides is 2. The molecule has 0 heterocycles. The first-order valence-electron chi connectivity index (χ1n) is 12.2. The van der Waals surface area contributed by atoms with Gasteiger partial charge in [0.2, 0.25) is 11.8 Å². The summed E-state index contributed by atoms with van der Waals surface area (Å²) in [5.74, 6) is 0.313. The van der Waals surface area contributed by atoms with Crippen molar-refractivity contribution in [3.05, 3.63) is 70.8 Å². The van der Waals surface area contributed by atoms with Gasteiger partial charge in [-0.05, 0) is 47.8 Å². The van der Waals surface area contributed by atoms with Crippen LogP contribution in [-0.4, -0.2) is 29.3 Å². The summed E-state index contributed by atoms with van der Waals surface area (Å²) < 4.78 is 0. The van der Waals surface area contributed by atoms with Crippen LogP contribution in [0.5, 0.6) is 0 Å². The van der Waals surface area contributed by atoms with Crippen LogP contribution in [0.2, 0.25) is 0 Å². The van der Waals surface area contributed by atoms with Crippen molar-refractivity contribution in [2.75, 3.05) is 6.54 Å². The number of carbonyl (C=O) groups is 2. The first-order valence-corrected chi connectivity index (χ1v) is 12.2. The third-order valence-corrected chi connectivity index (χ3v) is 5.95. The molecule has 0 unspecified atom stereocenters. The molecule has 180 valence electrons. The van der Waals surface area contributed by atoms with E-state index in [-0.39, 0.29) is 17.2 Å². The SMILES string of the molecule is CC[C@H](C(=O)NCC(C)C)N(Cc1cccc(C)c1)C(=O)CCc1ccc(C(C)(C)C)cc1. The smallest absolute Gasteiger partial charge is 0.242 e. The molecule has 2 aromatic carbocycles. The van der Waals surface area contributed by atoms with Gasteiger partial charge in [0.25, 0.3) is 0 Å². The normalized spacial score (nSPS) is 12.5. The first kappa shape index (κ1) is 26.6. The van der Waals surface area contributed by atoms with Crippen LogP contribution in [0.15, 0.2) is 48.5 Å². The topological polar surface area (TPSA) is 49.4 Å². The molecule has 4 heteroatoms. The summed E-state index contributed by atoms with van der Waals surface area (Å²) in [6.07, 6.45) is 1.63. The fraction of sp³-hybridized carbons (Fsp3) is 0.517. The van der Waals surface area contributed by atoms with Crippen molar-refractivity contribution < 1.29 is 9.59 Å². The van der Waals surface area contributed by atoms with Crippen LogP contribution in [0, 0.1) is 12.8 Å². The standard InChI is InChI=1S/C29H42N2O2/c1-8-26(28(33)30-19-21(2)3)31(20-24-11-9-10-22(4)18-24)27(32)17-14-23-12-15-25(16-13-23)29(5,6)7/h9-13,15-16,18,21,26H,8,14,17,19-20H2,1-7H3,(H,30,33)/t26-/m1/s1. The van der Waals surface area contributed by atoms with Gasteiger partial charge in [-0.3, -0.25) is 9.59 Å². The van der Waals surface area contributed by atoms with Crippen LogP contribution in [-0.2, 0) is 28.0 Å². The van der Waals surface area contributed by atoms with Crippen LogP contribution in [0.3, 0.4) is 0 Å². The van der Waals surface area contributed by atoms with Gasteiger partial charge < -0.3 is 10.2 Å². The second-order valence-corrected chi connectivity index (χ2v) is 10.5. The van der Waals surface area contributed by atoms with Gasteiger partial charge in [-0.15, -0.1) is 0 Å². The van der Waals surface area contributed by atoms with Crippen molar-refractivity contribution in [2.24, 2.45) is 5.92 Å². The van der Waals surface area contributed by atoms with Crippen molar-refractivity contribution in [3.8, 4) is 0 Å². The summed E-state index contributed by atoms with van der Waals surface area (Å²) in [5.41, 5.74) is 4.73. The quantitative estimate of drug-likeness (QED) is 0.497. The molecule has 0 bridgehead atoms. The van der Waals surface area contributed by atoms with Crippen molar-refractivity contribution in [3.63, 3.8) is 0 Å². The molecule has 2 aromatic rings. The summed E-state index contributed by atoms with van der Waals surface area (Å²) in [6.45, 7) is 15.8. The Morgan fingerprint density at radius 3 is 2.21 bits per heavy atom. The van der Waals surface area contributed by atoms with E-state index < -0.39 is 6.04 Å². The van der Waals surface area contributed by atoms with Gasteiger partial charge in [-0.25, -0.2) is 0 Å². The molecular formula is C29H42N2O2. The molecule has 0 saturated heterocycles. The molecule has 0 saturated carbocycles. The van der Waals surface area contributed by atoms with E-state index in [4.69, 9.17) is 0 Å². The number of nitrogens with zero attached hydrogens (tertiary/aromatic N) is 1. The maximum atomic E-state index is 13.4. The zero-order valence-electron chi connectivity index (χ0n) is 21.6. The van der Waals surface area contributed by atoms with E-state index >= 15 is 0 Å². The summed E-state index contributed by atoms with van der Waals surface area (Å²) in [5, 5.41) is 3.03. The summed E-state index contributed by atoms with van der Waals surface area (Å²) in [4.78, 5) is 28.2. The molecule has 0 spiro atoms. The fourth-order valence-corrected chi connectivity index (χ4v) is 3.92. The Labute approximate surface area is 200 Å². The summed E-state index contributed by atoms with van der Waals surface area (Å²) in [6, 6.07) is 16.2. The second kappa shape index (κ2) is 12.0. The van der Waals surface area contributed by atoms with Crippen molar-refractivity contribution in [1.82, 2.24) is 10.2 Å². The number of rotatable bonds is 10. The maximum Gasteiger partial charge on any atom is 0.242 e. The third-order valence-electron chi connectivity index (χ3n) is 5.95. The highest BCUT2D eigenvalue weighted by Crippen LogP contribution is 2.23. The minimum Gasteiger partial charge on any atom is -0.354 e. The number of hydrogen-bond acceptors (Lipinski definition) is 2. The minimum atomic E-state index is -0.472. The monoisotopic (exact) mass is 450 g/mol. The molecule has 4 nitrogen and oxygen atoms in total. The van der Waals surface area contributed by atoms with Gasteiger partial charge in [0.05, 0.1) is 0 Å². The number of nitrogens with one attached hydrogen (secondary N) is 1. The van der Waals surface area contributed by atoms with E-state index in [0.29, 0.717) is 38.3 Å². The molecule has 0 aliphatic heterocycles. The molecule has 0 radical (unpaired) electrons. The zero-order chi connectivity index (χ0) is 24.6. The number of carbonyl (C=O) groups excluding carboxylic acids is 2. The van der Waals surface area contributed by atoms with Crippen LogP contribution in [0.1, 0.15) is 76.6 Å². The number of aryl methyl sites for hydroxylation is 2. The molecule has 0 aliphatic carbocycles. The van der Waals surface area contributed by atoms with Gasteiger partial charge >= 0.3 is 0 Å². The maximum absolute atomic E-state index is 13.4. The van der Waals surface area contributed by atoms with Crippen LogP contribution in [0.4, 0.5) is 0 Å². The largest absolute Gasteiger partial charge is 0.354 e. The molecule has 1 atom stereocenters. The Balaban J connectivity index is 2.18. The van der Waals surface area contributed by atoms with E-state index in [1.165, 1.54) is 5.56 Å². The lowest BCUT2D eigenvalue weighted by Gasteiger charge is -2.31. The zero-order valence-corrected chi connectivity index (χ0v) is 21.6. The fourth-order valence-electron chi connectivity index (χ4n) is 3.92. The van der Waals surface area contributed by atoms with Gasteiger partial charge in [-0.2, -0.15) is 0 Å². The summed E-state index contributed by atoms with van der Waals surface area (Å²) in [7, 11) is 0. The molecule has 0 aliphatic rings. The average molecular weight is 451 g/mol. The minimum absolute atomic E-state index is 0.0166. The molecule has 0 aromatic heterocycles. The van der Waals surface area contributed by atoms with E-state index in [9.17, 15) is 9.59 Å². The Kier molecular flexibility index (Phi) is 9.70. The summed E-state index contributed by atoms with van der Waals surface area (Å²) >= 11 is 0. The van der Waals surface area contributed by atoms with E-state index in [2.05, 4.69) is 70.3 Å². The van der Waals surface area contributed by atoms with Crippen LogP contribution in [0.25, 0.3) is 0 Å². The van der Waals surface area contributed by atoms with E-state index in [1.54, 1.807) is 4.90 Å². The van der Waals surface area contributed by atoms with Gasteiger partial charge in [0.15, 0.2) is 0 Å². The predicted molar refractivity (Wildman–Crippen MR) is 137 cm³/mol. The lowest BCUT2D eigenvalue weighted by atomic mass is 9.86. The van der Waals surface area contributed by atoms with Gasteiger partial charge in [-0.1, -0.05) is 95.6 Å². The van der Waals surface area contributed by atoms with Crippen LogP contribution < -0.4 is 5.32 Å². The molecule has 33 heavy (non-hydrogen) atoms. The highest BCUT2D eigenvalue weighted by molar-refractivity contribution is 5.87. The van der Waals surface area contributed by atoms with E-state index in [1.807, 2.05) is 32.0 Å². The molecule has 0 fully saturated rings. The van der Waals surface area contributed by atoms with E-state index in [0.717, 1.165) is 16.7 Å². The average Bonchev–Trinajstić information content (AvgIpc) is 2.75. The Bertz CT molecular complexity index is 910. The Morgan fingerprint density at radius 1 is 1.00 bits per heavy atom.